The van der Waals surface area contributed by atoms with Crippen molar-refractivity contribution in [3.05, 3.63) is 106 Å². The van der Waals surface area contributed by atoms with Gasteiger partial charge in [0.15, 0.2) is 0 Å². The van der Waals surface area contributed by atoms with E-state index in [2.05, 4.69) is 27.3 Å². The number of nitrogens with one attached hydrogen (secondary N) is 2. The van der Waals surface area contributed by atoms with E-state index < -0.39 is 18.2 Å². The molecule has 7 nitrogen and oxygen atoms in total. The Bertz CT molecular complexity index is 1590. The van der Waals surface area contributed by atoms with Gasteiger partial charge in [-0.2, -0.15) is 13.2 Å². The van der Waals surface area contributed by atoms with E-state index >= 15 is 0 Å². The van der Waals surface area contributed by atoms with Gasteiger partial charge in [0.25, 0.3) is 5.91 Å². The maximum absolute atomic E-state index is 13.5. The Labute approximate surface area is 258 Å². The lowest BCUT2D eigenvalue weighted by molar-refractivity contribution is -0.205. The van der Waals surface area contributed by atoms with Crippen LogP contribution in [0.1, 0.15) is 40.1 Å². The molecule has 2 atom stereocenters. The highest BCUT2D eigenvalue weighted by Crippen LogP contribution is 2.27. The third-order valence-electron chi connectivity index (χ3n) is 7.82. The van der Waals surface area contributed by atoms with E-state index in [1.807, 2.05) is 54.4 Å². The number of hydrogen-bond donors (Lipinski definition) is 2. The summed E-state index contributed by atoms with van der Waals surface area (Å²) in [5.74, 6) is -2.28. The molecule has 1 amide bonds. The summed E-state index contributed by atoms with van der Waals surface area (Å²) in [5, 5.41) is 4.42. The van der Waals surface area contributed by atoms with Gasteiger partial charge in [0, 0.05) is 61.9 Å². The lowest BCUT2D eigenvalue weighted by Gasteiger charge is -2.34. The van der Waals surface area contributed by atoms with Crippen LogP contribution in [0.5, 0.6) is 0 Å². The van der Waals surface area contributed by atoms with Crippen LogP contribution in [-0.4, -0.2) is 71.6 Å². The number of fused-ring (bicyclic) bond motifs is 1. The third kappa shape index (κ3) is 7.80. The molecule has 0 saturated carbocycles. The summed E-state index contributed by atoms with van der Waals surface area (Å²) in [4.78, 5) is 32.7. The number of benzene rings is 3. The molecule has 1 saturated heterocycles. The summed E-state index contributed by atoms with van der Waals surface area (Å²) in [6, 6.07) is 21.9. The van der Waals surface area contributed by atoms with Crippen LogP contribution in [0.25, 0.3) is 10.9 Å². The fraction of sp³-hybridized carbons (Fsp3) is 0.333. The standard InChI is InChI=1S/C33H34ClF3N4O3/c1-22(38-20-29(44-32(43)33(35,36)37)24-9-5-10-26(34)18-24)17-25-19-39-30-27(25)11-6-12-28(30)31(42)41-15-13-40(14-16-41)21-23-7-3-2-4-8-23/h2-12,18-19,22,29,38-39H,13-17,20-21H2,1H3/t22-,29+/m1/s1. The number of hydrogen-bond acceptors (Lipinski definition) is 5. The Morgan fingerprint density at radius 2 is 1.73 bits per heavy atom. The van der Waals surface area contributed by atoms with E-state index in [-0.39, 0.29) is 18.5 Å². The van der Waals surface area contributed by atoms with Crippen LogP contribution in [0.3, 0.4) is 0 Å². The number of nitrogens with zero attached hydrogens (tertiary/aromatic N) is 2. The number of amides is 1. The second kappa shape index (κ2) is 13.8. The van der Waals surface area contributed by atoms with E-state index in [9.17, 15) is 22.8 Å². The van der Waals surface area contributed by atoms with Crippen molar-refractivity contribution >= 4 is 34.4 Å². The van der Waals surface area contributed by atoms with Crippen LogP contribution in [0, 0.1) is 0 Å². The molecule has 2 N–H and O–H groups in total. The van der Waals surface area contributed by atoms with Gasteiger partial charge in [-0.25, -0.2) is 4.79 Å². The van der Waals surface area contributed by atoms with Gasteiger partial charge in [-0.05, 0) is 48.2 Å². The topological polar surface area (TPSA) is 77.7 Å². The molecule has 1 fully saturated rings. The number of carbonyl (C=O) groups excluding carboxylic acids is 2. The molecule has 4 aromatic rings. The number of rotatable bonds is 10. The largest absolute Gasteiger partial charge is 0.490 e. The number of esters is 1. The van der Waals surface area contributed by atoms with E-state index in [1.54, 1.807) is 18.2 Å². The maximum atomic E-state index is 13.5. The quantitative estimate of drug-likeness (QED) is 0.207. The Kier molecular flexibility index (Phi) is 9.93. The molecule has 11 heteroatoms. The first-order valence-corrected chi connectivity index (χ1v) is 14.9. The molecule has 1 aliphatic rings. The number of H-pyrrole nitrogens is 1. The first-order chi connectivity index (χ1) is 21.1. The lowest BCUT2D eigenvalue weighted by Crippen LogP contribution is -2.48. The average Bonchev–Trinajstić information content (AvgIpc) is 3.42. The smallest absolute Gasteiger partial charge is 0.449 e. The number of para-hydroxylation sites is 1. The normalized spacial score (nSPS) is 15.7. The fourth-order valence-electron chi connectivity index (χ4n) is 5.52. The fourth-order valence-corrected chi connectivity index (χ4v) is 5.72. The van der Waals surface area contributed by atoms with E-state index in [0.717, 1.165) is 36.1 Å². The Balaban J connectivity index is 1.22. The summed E-state index contributed by atoms with van der Waals surface area (Å²) in [6.45, 7) is 5.57. The van der Waals surface area contributed by atoms with Gasteiger partial charge in [-0.15, -0.1) is 0 Å². The van der Waals surface area contributed by atoms with Crippen LogP contribution in [0.2, 0.25) is 5.02 Å². The van der Waals surface area contributed by atoms with Crippen molar-refractivity contribution in [3.63, 3.8) is 0 Å². The number of alkyl halides is 3. The van der Waals surface area contributed by atoms with Gasteiger partial charge >= 0.3 is 12.1 Å². The lowest BCUT2D eigenvalue weighted by atomic mass is 10.0. The number of carbonyl (C=O) groups is 2. The molecule has 44 heavy (non-hydrogen) atoms. The third-order valence-corrected chi connectivity index (χ3v) is 8.05. The van der Waals surface area contributed by atoms with Crippen LogP contribution < -0.4 is 5.32 Å². The Morgan fingerprint density at radius 1 is 1.00 bits per heavy atom. The van der Waals surface area contributed by atoms with E-state index in [4.69, 9.17) is 16.3 Å². The van der Waals surface area contributed by atoms with Crippen LogP contribution >= 0.6 is 11.6 Å². The van der Waals surface area contributed by atoms with Crippen molar-refractivity contribution in [2.24, 2.45) is 0 Å². The minimum absolute atomic E-state index is 0.0228. The summed E-state index contributed by atoms with van der Waals surface area (Å²) in [7, 11) is 0. The van der Waals surface area contributed by atoms with E-state index in [1.165, 1.54) is 11.6 Å². The van der Waals surface area contributed by atoms with Gasteiger partial charge in [0.05, 0.1) is 11.1 Å². The SMILES string of the molecule is C[C@H](Cc1c[nH]c2c(C(=O)N3CCN(Cc4ccccc4)CC3)cccc12)NC[C@H](OC(=O)C(F)(F)F)c1cccc(Cl)c1. The molecule has 3 aromatic carbocycles. The molecule has 232 valence electrons. The molecule has 0 radical (unpaired) electrons. The molecule has 0 bridgehead atoms. The molecule has 0 unspecified atom stereocenters. The number of piperazine rings is 1. The molecule has 1 aromatic heterocycles. The van der Waals surface area contributed by atoms with Gasteiger partial charge in [0.1, 0.15) is 6.10 Å². The van der Waals surface area contributed by atoms with Crippen molar-refractivity contribution < 1.29 is 27.5 Å². The van der Waals surface area contributed by atoms with E-state index in [0.29, 0.717) is 35.7 Å². The summed E-state index contributed by atoms with van der Waals surface area (Å²) >= 11 is 6.03. The first-order valence-electron chi connectivity index (χ1n) is 14.5. The molecule has 1 aliphatic heterocycles. The Hall–Kier alpha value is -3.86. The summed E-state index contributed by atoms with van der Waals surface area (Å²) in [6.07, 6.45) is -3.93. The zero-order chi connectivity index (χ0) is 31.3. The van der Waals surface area contributed by atoms with Crippen molar-refractivity contribution in [1.29, 1.82) is 0 Å². The predicted molar refractivity (Wildman–Crippen MR) is 163 cm³/mol. The average molecular weight is 627 g/mol. The minimum atomic E-state index is -5.11. The van der Waals surface area contributed by atoms with Crippen molar-refractivity contribution in [2.45, 2.75) is 38.2 Å². The highest BCUT2D eigenvalue weighted by atomic mass is 35.5. The summed E-state index contributed by atoms with van der Waals surface area (Å²) < 4.78 is 43.7. The molecule has 5 rings (SSSR count). The van der Waals surface area contributed by atoms with Crippen molar-refractivity contribution in [1.82, 2.24) is 20.1 Å². The number of ether oxygens (including phenoxy) is 1. The highest BCUT2D eigenvalue weighted by Gasteiger charge is 2.42. The molecule has 0 aliphatic carbocycles. The number of halogens is 4. The van der Waals surface area contributed by atoms with Gasteiger partial charge < -0.3 is 19.9 Å². The Morgan fingerprint density at radius 3 is 2.43 bits per heavy atom. The molecule has 0 spiro atoms. The second-order valence-electron chi connectivity index (χ2n) is 11.1. The first kappa shape index (κ1) is 31.6. The zero-order valence-corrected chi connectivity index (χ0v) is 25.0. The van der Waals surface area contributed by atoms with Gasteiger partial charge in [-0.1, -0.05) is 66.2 Å². The molecule has 2 heterocycles. The van der Waals surface area contributed by atoms with Crippen LogP contribution in [-0.2, 0) is 22.5 Å². The van der Waals surface area contributed by atoms with Crippen molar-refractivity contribution in [3.8, 4) is 0 Å². The second-order valence-corrected chi connectivity index (χ2v) is 11.5. The highest BCUT2D eigenvalue weighted by molar-refractivity contribution is 6.30. The predicted octanol–water partition coefficient (Wildman–Crippen LogP) is 6.15. The van der Waals surface area contributed by atoms with Crippen LogP contribution in [0.15, 0.2) is 79.0 Å². The minimum Gasteiger partial charge on any atom is -0.449 e. The monoisotopic (exact) mass is 626 g/mol. The number of aromatic nitrogens is 1. The summed E-state index contributed by atoms with van der Waals surface area (Å²) in [5.41, 5.74) is 3.91. The molecular formula is C33H34ClF3N4O3. The van der Waals surface area contributed by atoms with Crippen molar-refractivity contribution in [2.75, 3.05) is 32.7 Å². The number of aromatic amines is 1. The maximum Gasteiger partial charge on any atom is 0.490 e. The van der Waals surface area contributed by atoms with Gasteiger partial charge in [-0.3, -0.25) is 9.69 Å². The van der Waals surface area contributed by atoms with Crippen LogP contribution in [0.4, 0.5) is 13.2 Å². The van der Waals surface area contributed by atoms with Gasteiger partial charge in [0.2, 0.25) is 0 Å². The molecular weight excluding hydrogens is 593 g/mol. The zero-order valence-electron chi connectivity index (χ0n) is 24.2.